The van der Waals surface area contributed by atoms with Crippen LogP contribution in [-0.2, 0) is 18.3 Å². The topological polar surface area (TPSA) is 55.2 Å². The lowest BCUT2D eigenvalue weighted by molar-refractivity contribution is -0.114. The number of carbonyl (C=O) groups is 2. The second kappa shape index (κ2) is 4.76. The van der Waals surface area contributed by atoms with E-state index in [9.17, 15) is 18.4 Å². The Kier molecular flexibility index (Phi) is 3.04. The number of benzene rings is 1. The second-order valence-corrected chi connectivity index (χ2v) is 4.77. The maximum atomic E-state index is 13.3. The molecule has 1 aliphatic heterocycles. The second-order valence-electron chi connectivity index (χ2n) is 4.77. The summed E-state index contributed by atoms with van der Waals surface area (Å²) in [5.74, 6) is -3.80. The van der Waals surface area contributed by atoms with Crippen molar-refractivity contribution in [3.05, 3.63) is 47.3 Å². The summed E-state index contributed by atoms with van der Waals surface area (Å²) >= 11 is 0. The fourth-order valence-corrected chi connectivity index (χ4v) is 2.38. The van der Waals surface area contributed by atoms with Crippen LogP contribution in [0.4, 0.5) is 14.5 Å². The van der Waals surface area contributed by atoms with Gasteiger partial charge in [-0.3, -0.25) is 14.3 Å². The molecule has 0 spiro atoms. The third kappa shape index (κ3) is 2.10. The van der Waals surface area contributed by atoms with Crippen molar-refractivity contribution < 1.29 is 18.4 Å². The molecule has 1 aromatic carbocycles. The third-order valence-corrected chi connectivity index (χ3v) is 3.53. The molecule has 0 aliphatic carbocycles. The van der Waals surface area contributed by atoms with Crippen LogP contribution < -0.4 is 4.90 Å². The number of Topliss-reactive ketones (excluding diaryl/α,β-unsaturated/α-hetero) is 1. The smallest absolute Gasteiger partial charge is 0.299 e. The average Bonchev–Trinajstić information content (AvgIpc) is 2.95. The number of aryl methyl sites for hydroxylation is 1. The first-order valence-corrected chi connectivity index (χ1v) is 6.31. The maximum Gasteiger partial charge on any atom is 0.299 e. The van der Waals surface area contributed by atoms with E-state index >= 15 is 0 Å². The Balaban J connectivity index is 1.90. The highest BCUT2D eigenvalue weighted by Gasteiger charge is 2.36. The van der Waals surface area contributed by atoms with E-state index in [2.05, 4.69) is 5.10 Å². The van der Waals surface area contributed by atoms with Gasteiger partial charge in [-0.15, -0.1) is 0 Å². The minimum atomic E-state index is -1.14. The zero-order chi connectivity index (χ0) is 15.1. The lowest BCUT2D eigenvalue weighted by atomic mass is 10.1. The zero-order valence-electron chi connectivity index (χ0n) is 11.1. The van der Waals surface area contributed by atoms with Crippen LogP contribution in [0.25, 0.3) is 0 Å². The van der Waals surface area contributed by atoms with Gasteiger partial charge in [-0.25, -0.2) is 8.78 Å². The zero-order valence-corrected chi connectivity index (χ0v) is 11.1. The molecule has 0 radical (unpaired) electrons. The summed E-state index contributed by atoms with van der Waals surface area (Å²) in [6.07, 6.45) is 2.07. The molecule has 0 saturated heterocycles. The van der Waals surface area contributed by atoms with Crippen molar-refractivity contribution >= 4 is 17.4 Å². The summed E-state index contributed by atoms with van der Waals surface area (Å²) in [4.78, 5) is 24.9. The van der Waals surface area contributed by atoms with Gasteiger partial charge >= 0.3 is 0 Å². The molecule has 21 heavy (non-hydrogen) atoms. The summed E-state index contributed by atoms with van der Waals surface area (Å²) in [5, 5.41) is 4.00. The van der Waals surface area contributed by atoms with Crippen LogP contribution in [0.2, 0.25) is 0 Å². The van der Waals surface area contributed by atoms with Crippen LogP contribution in [0.3, 0.4) is 0 Å². The molecule has 2 aromatic rings. The van der Waals surface area contributed by atoms with Crippen LogP contribution in [0.15, 0.2) is 24.4 Å². The Bertz CT molecular complexity index is 755. The van der Waals surface area contributed by atoms with Crippen molar-refractivity contribution in [2.24, 2.45) is 7.05 Å². The first-order valence-electron chi connectivity index (χ1n) is 6.31. The molecular weight excluding hydrogens is 280 g/mol. The molecule has 3 rings (SSSR count). The number of carbonyl (C=O) groups excluding carboxylic acids is 2. The van der Waals surface area contributed by atoms with Gasteiger partial charge < -0.3 is 4.90 Å². The van der Waals surface area contributed by atoms with E-state index in [1.807, 2.05) is 0 Å². The SMILES string of the molecule is Cn1nccc1CCN1C(=O)C(=O)c2cc(F)c(F)cc21. The van der Waals surface area contributed by atoms with E-state index in [-0.39, 0.29) is 17.8 Å². The predicted octanol–water partition coefficient (Wildman–Crippen LogP) is 1.47. The number of aromatic nitrogens is 2. The Hall–Kier alpha value is -2.57. The highest BCUT2D eigenvalue weighted by molar-refractivity contribution is 6.52. The van der Waals surface area contributed by atoms with Gasteiger partial charge in [0, 0.05) is 38.0 Å². The van der Waals surface area contributed by atoms with E-state index in [4.69, 9.17) is 0 Å². The molecule has 7 heteroatoms. The number of ketones is 1. The number of fused-ring (bicyclic) bond motifs is 1. The van der Waals surface area contributed by atoms with Crippen molar-refractivity contribution in [1.29, 1.82) is 0 Å². The standard InChI is InChI=1S/C14H11F2N3O2/c1-18-8(2-4-17-18)3-5-19-12-7-11(16)10(15)6-9(12)13(20)14(19)21/h2,4,6-7H,3,5H2,1H3. The van der Waals surface area contributed by atoms with E-state index in [0.717, 1.165) is 17.8 Å². The molecule has 108 valence electrons. The molecule has 1 amide bonds. The molecule has 5 nitrogen and oxygen atoms in total. The van der Waals surface area contributed by atoms with Crippen LogP contribution in [0.1, 0.15) is 16.1 Å². The normalized spacial score (nSPS) is 14.0. The molecule has 0 saturated carbocycles. The minimum Gasteiger partial charge on any atom is -0.304 e. The molecule has 0 unspecified atom stereocenters. The Labute approximate surface area is 118 Å². The largest absolute Gasteiger partial charge is 0.304 e. The van der Waals surface area contributed by atoms with Crippen molar-refractivity contribution in [3.63, 3.8) is 0 Å². The Morgan fingerprint density at radius 2 is 1.90 bits per heavy atom. The number of hydrogen-bond acceptors (Lipinski definition) is 3. The maximum absolute atomic E-state index is 13.3. The van der Waals surface area contributed by atoms with Gasteiger partial charge in [-0.2, -0.15) is 5.10 Å². The number of nitrogens with zero attached hydrogens (tertiary/aromatic N) is 3. The van der Waals surface area contributed by atoms with Crippen LogP contribution >= 0.6 is 0 Å². The lowest BCUT2D eigenvalue weighted by Gasteiger charge is -2.16. The number of anilines is 1. The lowest BCUT2D eigenvalue weighted by Crippen LogP contribution is -2.32. The average molecular weight is 291 g/mol. The van der Waals surface area contributed by atoms with Crippen LogP contribution in [-0.4, -0.2) is 28.0 Å². The van der Waals surface area contributed by atoms with Gasteiger partial charge in [0.05, 0.1) is 11.3 Å². The summed E-state index contributed by atoms with van der Waals surface area (Å²) in [7, 11) is 1.76. The van der Waals surface area contributed by atoms with Gasteiger partial charge in [-0.05, 0) is 12.1 Å². The fraction of sp³-hybridized carbons (Fsp3) is 0.214. The van der Waals surface area contributed by atoms with E-state index in [0.29, 0.717) is 6.42 Å². The molecule has 1 aliphatic rings. The summed E-state index contributed by atoms with van der Waals surface area (Å²) in [5.41, 5.74) is 0.890. The number of rotatable bonds is 3. The quantitative estimate of drug-likeness (QED) is 0.805. The molecule has 2 heterocycles. The molecule has 0 N–H and O–H groups in total. The van der Waals surface area contributed by atoms with Crippen molar-refractivity contribution in [1.82, 2.24) is 9.78 Å². The molecule has 0 bridgehead atoms. The Morgan fingerprint density at radius 1 is 1.19 bits per heavy atom. The Morgan fingerprint density at radius 3 is 2.57 bits per heavy atom. The number of amides is 1. The van der Waals surface area contributed by atoms with Crippen molar-refractivity contribution in [3.8, 4) is 0 Å². The highest BCUT2D eigenvalue weighted by Crippen LogP contribution is 2.31. The molecular formula is C14H11F2N3O2. The van der Waals surface area contributed by atoms with Crippen LogP contribution in [0.5, 0.6) is 0 Å². The van der Waals surface area contributed by atoms with E-state index < -0.39 is 23.3 Å². The van der Waals surface area contributed by atoms with Crippen LogP contribution in [0, 0.1) is 11.6 Å². The van der Waals surface area contributed by atoms with Crippen molar-refractivity contribution in [2.75, 3.05) is 11.4 Å². The molecule has 1 aromatic heterocycles. The van der Waals surface area contributed by atoms with Gasteiger partial charge in [0.1, 0.15) is 0 Å². The monoisotopic (exact) mass is 291 g/mol. The summed E-state index contributed by atoms with van der Waals surface area (Å²) in [6, 6.07) is 3.44. The van der Waals surface area contributed by atoms with Crippen molar-refractivity contribution in [2.45, 2.75) is 6.42 Å². The van der Waals surface area contributed by atoms with E-state index in [1.165, 1.54) is 4.90 Å². The highest BCUT2D eigenvalue weighted by atomic mass is 19.2. The molecule has 0 fully saturated rings. The first kappa shape index (κ1) is 13.4. The number of hydrogen-bond donors (Lipinski definition) is 0. The van der Waals surface area contributed by atoms with Gasteiger partial charge in [0.25, 0.3) is 11.7 Å². The fourth-order valence-electron chi connectivity index (χ4n) is 2.38. The van der Waals surface area contributed by atoms with Gasteiger partial charge in [0.15, 0.2) is 11.6 Å². The van der Waals surface area contributed by atoms with Gasteiger partial charge in [0.2, 0.25) is 0 Å². The van der Waals surface area contributed by atoms with Gasteiger partial charge in [-0.1, -0.05) is 0 Å². The summed E-state index contributed by atoms with van der Waals surface area (Å²) in [6.45, 7) is 0.197. The minimum absolute atomic E-state index is 0.0936. The first-order chi connectivity index (χ1) is 9.99. The predicted molar refractivity (Wildman–Crippen MR) is 70.0 cm³/mol. The number of halogens is 2. The van der Waals surface area contributed by atoms with E-state index in [1.54, 1.807) is 24.0 Å². The molecule has 0 atom stereocenters. The summed E-state index contributed by atoms with van der Waals surface area (Å²) < 4.78 is 28.2. The third-order valence-electron chi connectivity index (χ3n) is 3.53.